The number of carbonyl (C=O) groups is 2. The first-order valence-electron chi connectivity index (χ1n) is 9.59. The highest BCUT2D eigenvalue weighted by molar-refractivity contribution is 7.92. The van der Waals surface area contributed by atoms with Gasteiger partial charge < -0.3 is 4.57 Å². The fourth-order valence-electron chi connectivity index (χ4n) is 2.80. The molecule has 1 aromatic heterocycles. The number of carbonyl (C=O) groups excluding carboxylic acids is 2. The van der Waals surface area contributed by atoms with Gasteiger partial charge in [-0.05, 0) is 50.2 Å². The van der Waals surface area contributed by atoms with Gasteiger partial charge in [0.25, 0.3) is 15.9 Å². The number of ketones is 1. The van der Waals surface area contributed by atoms with Crippen LogP contribution in [0.1, 0.15) is 22.8 Å². The van der Waals surface area contributed by atoms with E-state index >= 15 is 0 Å². The number of aromatic nitrogens is 1. The maximum absolute atomic E-state index is 12.5. The summed E-state index contributed by atoms with van der Waals surface area (Å²) in [5, 5.41) is 0. The van der Waals surface area contributed by atoms with Gasteiger partial charge in [0.1, 0.15) is 11.3 Å². The SMILES string of the molecule is CC(=O)Cn1ccc(=O)c(C(=O)NNc2ccc(NS(=O)(=O)c3ccc(C)cc3)cc2)c1. The molecule has 0 fully saturated rings. The highest BCUT2D eigenvalue weighted by Crippen LogP contribution is 2.18. The van der Waals surface area contributed by atoms with E-state index in [1.165, 1.54) is 54.2 Å². The number of sulfonamides is 1. The Bertz CT molecular complexity index is 1300. The molecule has 1 amide bonds. The minimum absolute atomic E-state index is 0.0496. The first kappa shape index (κ1) is 22.8. The smallest absolute Gasteiger partial charge is 0.275 e. The van der Waals surface area contributed by atoms with Crippen molar-refractivity contribution in [3.63, 3.8) is 0 Å². The summed E-state index contributed by atoms with van der Waals surface area (Å²) in [7, 11) is -3.72. The maximum atomic E-state index is 12.5. The Hall–Kier alpha value is -3.92. The molecule has 10 heteroatoms. The number of nitrogens with one attached hydrogen (secondary N) is 3. The summed E-state index contributed by atoms with van der Waals surface area (Å²) >= 11 is 0. The van der Waals surface area contributed by atoms with Crippen LogP contribution in [0.5, 0.6) is 0 Å². The van der Waals surface area contributed by atoms with Gasteiger partial charge in [-0.2, -0.15) is 0 Å². The molecule has 0 spiro atoms. The first-order chi connectivity index (χ1) is 15.1. The second-order valence-corrected chi connectivity index (χ2v) is 8.85. The topological polar surface area (TPSA) is 126 Å². The van der Waals surface area contributed by atoms with Crippen molar-refractivity contribution in [2.24, 2.45) is 0 Å². The lowest BCUT2D eigenvalue weighted by atomic mass is 10.2. The number of rotatable bonds is 8. The largest absolute Gasteiger partial charge is 0.346 e. The Morgan fingerprint density at radius 3 is 2.19 bits per heavy atom. The molecule has 2 aromatic carbocycles. The van der Waals surface area contributed by atoms with Crippen LogP contribution in [0.15, 0.2) is 76.7 Å². The van der Waals surface area contributed by atoms with Crippen LogP contribution in [0.2, 0.25) is 0 Å². The van der Waals surface area contributed by atoms with E-state index in [0.717, 1.165) is 5.56 Å². The van der Waals surface area contributed by atoms with E-state index in [4.69, 9.17) is 0 Å². The van der Waals surface area contributed by atoms with Crippen molar-refractivity contribution < 1.29 is 18.0 Å². The third kappa shape index (κ3) is 5.82. The molecule has 0 unspecified atom stereocenters. The predicted octanol–water partition coefficient (Wildman–Crippen LogP) is 2.30. The molecule has 0 bridgehead atoms. The van der Waals surface area contributed by atoms with Gasteiger partial charge in [0, 0.05) is 24.1 Å². The van der Waals surface area contributed by atoms with Crippen molar-refractivity contribution >= 4 is 33.1 Å². The lowest BCUT2D eigenvalue weighted by molar-refractivity contribution is -0.117. The summed E-state index contributed by atoms with van der Waals surface area (Å²) < 4.78 is 28.9. The molecule has 3 rings (SSSR count). The molecule has 32 heavy (non-hydrogen) atoms. The molecule has 0 radical (unpaired) electrons. The van der Waals surface area contributed by atoms with Crippen LogP contribution in [-0.4, -0.2) is 24.7 Å². The highest BCUT2D eigenvalue weighted by atomic mass is 32.2. The number of Topliss-reactive ketones (excluding diaryl/α,β-unsaturated/α-hetero) is 1. The minimum atomic E-state index is -3.72. The molecule has 3 aromatic rings. The molecule has 0 aliphatic rings. The van der Waals surface area contributed by atoms with Crippen LogP contribution in [0.4, 0.5) is 11.4 Å². The van der Waals surface area contributed by atoms with Crippen LogP contribution in [0.25, 0.3) is 0 Å². The predicted molar refractivity (Wildman–Crippen MR) is 121 cm³/mol. The van der Waals surface area contributed by atoms with Gasteiger partial charge in [-0.1, -0.05) is 17.7 Å². The number of hydrazine groups is 1. The Kier molecular flexibility index (Phi) is 6.74. The third-order valence-electron chi connectivity index (χ3n) is 4.42. The number of hydrogen-bond acceptors (Lipinski definition) is 6. The molecule has 0 aliphatic heterocycles. The number of benzene rings is 2. The number of pyridine rings is 1. The second-order valence-electron chi connectivity index (χ2n) is 7.17. The van der Waals surface area contributed by atoms with Crippen molar-refractivity contribution in [1.29, 1.82) is 0 Å². The fourth-order valence-corrected chi connectivity index (χ4v) is 3.86. The van der Waals surface area contributed by atoms with Crippen LogP contribution >= 0.6 is 0 Å². The first-order valence-corrected chi connectivity index (χ1v) is 11.1. The Balaban J connectivity index is 1.64. The van der Waals surface area contributed by atoms with Crippen molar-refractivity contribution in [3.05, 3.63) is 88.3 Å². The van der Waals surface area contributed by atoms with E-state index in [2.05, 4.69) is 15.6 Å². The van der Waals surface area contributed by atoms with Crippen LogP contribution in [-0.2, 0) is 21.4 Å². The van der Waals surface area contributed by atoms with Crippen molar-refractivity contribution in [3.8, 4) is 0 Å². The second kappa shape index (κ2) is 9.48. The summed E-state index contributed by atoms with van der Waals surface area (Å²) in [4.78, 5) is 35.7. The van der Waals surface area contributed by atoms with E-state index in [0.29, 0.717) is 11.4 Å². The normalized spacial score (nSPS) is 10.9. The van der Waals surface area contributed by atoms with Gasteiger partial charge in [0.2, 0.25) is 0 Å². The summed E-state index contributed by atoms with van der Waals surface area (Å²) in [5.41, 5.74) is 6.24. The average molecular weight is 455 g/mol. The lowest BCUT2D eigenvalue weighted by Gasteiger charge is -2.11. The van der Waals surface area contributed by atoms with Crippen LogP contribution < -0.4 is 21.0 Å². The summed E-state index contributed by atoms with van der Waals surface area (Å²) in [6, 6.07) is 13.9. The summed E-state index contributed by atoms with van der Waals surface area (Å²) in [6.07, 6.45) is 2.74. The molecule has 0 saturated carbocycles. The highest BCUT2D eigenvalue weighted by Gasteiger charge is 2.14. The monoisotopic (exact) mass is 454 g/mol. The standard InChI is InChI=1S/C22H22N4O5S/c1-15-3-9-19(10-4-15)32(30,31)25-18-7-5-17(6-8-18)23-24-22(29)20-14-26(13-16(2)27)12-11-21(20)28/h3-12,14,23,25H,13H2,1-2H3,(H,24,29). The Morgan fingerprint density at radius 1 is 0.938 bits per heavy atom. The molecule has 166 valence electrons. The number of nitrogens with zero attached hydrogens (tertiary/aromatic N) is 1. The van der Waals surface area contributed by atoms with Crippen LogP contribution in [0.3, 0.4) is 0 Å². The maximum Gasteiger partial charge on any atom is 0.275 e. The summed E-state index contributed by atoms with van der Waals surface area (Å²) in [6.45, 7) is 3.33. The van der Waals surface area contributed by atoms with Crippen molar-refractivity contribution in [2.45, 2.75) is 25.3 Å². The van der Waals surface area contributed by atoms with Crippen molar-refractivity contribution in [1.82, 2.24) is 9.99 Å². The molecule has 9 nitrogen and oxygen atoms in total. The van der Waals surface area contributed by atoms with E-state index in [9.17, 15) is 22.8 Å². The van der Waals surface area contributed by atoms with Gasteiger partial charge in [-0.25, -0.2) is 8.42 Å². The zero-order valence-electron chi connectivity index (χ0n) is 17.5. The van der Waals surface area contributed by atoms with Gasteiger partial charge in [-0.3, -0.25) is 30.0 Å². The molecule has 0 aliphatic carbocycles. The average Bonchev–Trinajstić information content (AvgIpc) is 2.74. The van der Waals surface area contributed by atoms with E-state index in [1.807, 2.05) is 6.92 Å². The zero-order valence-corrected chi connectivity index (χ0v) is 18.3. The van der Waals surface area contributed by atoms with Gasteiger partial charge in [0.15, 0.2) is 5.43 Å². The Morgan fingerprint density at radius 2 is 1.56 bits per heavy atom. The number of hydrogen-bond donors (Lipinski definition) is 3. The third-order valence-corrected chi connectivity index (χ3v) is 5.81. The van der Waals surface area contributed by atoms with E-state index < -0.39 is 21.4 Å². The van der Waals surface area contributed by atoms with Crippen LogP contribution in [0, 0.1) is 6.92 Å². The number of amides is 1. The van der Waals surface area contributed by atoms with E-state index in [-0.39, 0.29) is 22.8 Å². The molecular formula is C22H22N4O5S. The number of aryl methyl sites for hydroxylation is 1. The summed E-state index contributed by atoms with van der Waals surface area (Å²) in [5.74, 6) is -0.784. The molecule has 1 heterocycles. The molecule has 0 atom stereocenters. The quantitative estimate of drug-likeness (QED) is 0.449. The minimum Gasteiger partial charge on any atom is -0.346 e. The molecule has 0 saturated heterocycles. The Labute approximate surface area is 185 Å². The van der Waals surface area contributed by atoms with Gasteiger partial charge in [-0.15, -0.1) is 0 Å². The van der Waals surface area contributed by atoms with Gasteiger partial charge in [0.05, 0.1) is 17.1 Å². The van der Waals surface area contributed by atoms with Crippen molar-refractivity contribution in [2.75, 3.05) is 10.1 Å². The number of anilines is 2. The van der Waals surface area contributed by atoms with E-state index in [1.54, 1.807) is 24.3 Å². The molecule has 3 N–H and O–H groups in total. The zero-order chi connectivity index (χ0) is 23.3. The van der Waals surface area contributed by atoms with Gasteiger partial charge >= 0.3 is 0 Å². The lowest BCUT2D eigenvalue weighted by Crippen LogP contribution is -2.33. The molecular weight excluding hydrogens is 432 g/mol. The fraction of sp³-hybridized carbons (Fsp3) is 0.136.